The molecule has 0 spiro atoms. The van der Waals surface area contributed by atoms with E-state index in [9.17, 15) is 8.42 Å². The van der Waals surface area contributed by atoms with Gasteiger partial charge in [-0.05, 0) is 38.8 Å². The van der Waals surface area contributed by atoms with Crippen LogP contribution in [0, 0.1) is 0 Å². The number of hydrogen-bond donors (Lipinski definition) is 1. The van der Waals surface area contributed by atoms with Gasteiger partial charge in [-0.1, -0.05) is 19.3 Å². The predicted octanol–water partition coefficient (Wildman–Crippen LogP) is 1.91. The van der Waals surface area contributed by atoms with Crippen LogP contribution in [0.3, 0.4) is 0 Å². The van der Waals surface area contributed by atoms with Gasteiger partial charge in [-0.3, -0.25) is 0 Å². The van der Waals surface area contributed by atoms with Gasteiger partial charge in [-0.2, -0.15) is 0 Å². The number of halogens is 1. The lowest BCUT2D eigenvalue weighted by atomic mass is 10.0. The zero-order valence-corrected chi connectivity index (χ0v) is 11.3. The van der Waals surface area contributed by atoms with Crippen LogP contribution < -0.4 is 5.32 Å². The van der Waals surface area contributed by atoms with Gasteiger partial charge in [0.1, 0.15) is 0 Å². The van der Waals surface area contributed by atoms with Gasteiger partial charge in [-0.25, -0.2) is 8.42 Å². The van der Waals surface area contributed by atoms with Crippen LogP contribution in [0.5, 0.6) is 0 Å². The summed E-state index contributed by atoms with van der Waals surface area (Å²) in [4.78, 5) is 0. The highest BCUT2D eigenvalue weighted by Crippen LogP contribution is 2.28. The molecule has 1 heterocycles. The first-order chi connectivity index (χ1) is 7.21. The Bertz CT molecular complexity index is 269. The summed E-state index contributed by atoms with van der Waals surface area (Å²) in [5, 5.41) is 3.15. The summed E-state index contributed by atoms with van der Waals surface area (Å²) in [7, 11) is -2.83. The zero-order chi connectivity index (χ0) is 10.7. The van der Waals surface area contributed by atoms with Gasteiger partial charge in [0.05, 0.1) is 10.5 Å². The minimum absolute atomic E-state index is 0. The summed E-state index contributed by atoms with van der Waals surface area (Å²) in [5.74, 6) is 0. The van der Waals surface area contributed by atoms with Gasteiger partial charge < -0.3 is 5.32 Å². The van der Waals surface area contributed by atoms with Crippen LogP contribution in [-0.4, -0.2) is 32.0 Å². The van der Waals surface area contributed by atoms with Crippen molar-refractivity contribution in [3.05, 3.63) is 0 Å². The third-order valence-corrected chi connectivity index (χ3v) is 6.57. The molecule has 0 aromatic carbocycles. The summed E-state index contributed by atoms with van der Waals surface area (Å²) >= 11 is 0. The molecule has 5 heteroatoms. The molecule has 1 saturated heterocycles. The van der Waals surface area contributed by atoms with E-state index in [0.29, 0.717) is 0 Å². The smallest absolute Gasteiger partial charge is 0.156 e. The molecule has 96 valence electrons. The molecule has 0 atom stereocenters. The second kappa shape index (κ2) is 6.22. The van der Waals surface area contributed by atoms with Crippen LogP contribution in [0.4, 0.5) is 0 Å². The first kappa shape index (κ1) is 14.3. The van der Waals surface area contributed by atoms with Gasteiger partial charge in [0.2, 0.25) is 0 Å². The molecule has 0 unspecified atom stereocenters. The zero-order valence-electron chi connectivity index (χ0n) is 9.65. The maximum Gasteiger partial charge on any atom is 0.156 e. The van der Waals surface area contributed by atoms with Crippen LogP contribution in [0.1, 0.15) is 44.9 Å². The van der Waals surface area contributed by atoms with E-state index in [4.69, 9.17) is 0 Å². The van der Waals surface area contributed by atoms with Crippen LogP contribution in [-0.2, 0) is 9.84 Å². The lowest BCUT2D eigenvalue weighted by Gasteiger charge is -2.29. The topological polar surface area (TPSA) is 46.2 Å². The molecular weight excluding hydrogens is 246 g/mol. The first-order valence-corrected chi connectivity index (χ1v) is 7.75. The Morgan fingerprint density at radius 1 is 0.812 bits per heavy atom. The highest BCUT2D eigenvalue weighted by molar-refractivity contribution is 7.92. The van der Waals surface area contributed by atoms with Crippen molar-refractivity contribution in [2.24, 2.45) is 0 Å². The summed E-state index contributed by atoms with van der Waals surface area (Å²) in [6, 6.07) is 0. The Morgan fingerprint density at radius 2 is 1.31 bits per heavy atom. The van der Waals surface area contributed by atoms with E-state index in [1.807, 2.05) is 0 Å². The van der Waals surface area contributed by atoms with Crippen LogP contribution in [0.2, 0.25) is 0 Å². The van der Waals surface area contributed by atoms with Gasteiger partial charge >= 0.3 is 0 Å². The number of piperidine rings is 1. The van der Waals surface area contributed by atoms with Crippen molar-refractivity contribution < 1.29 is 8.42 Å². The molecule has 1 N–H and O–H groups in total. The van der Waals surface area contributed by atoms with E-state index in [-0.39, 0.29) is 22.9 Å². The summed E-state index contributed by atoms with van der Waals surface area (Å²) in [5.41, 5.74) is 0. The average molecular weight is 268 g/mol. The number of nitrogens with one attached hydrogen (secondary N) is 1. The third kappa shape index (κ3) is 3.11. The second-order valence-electron chi connectivity index (χ2n) is 4.80. The molecule has 0 aromatic heterocycles. The van der Waals surface area contributed by atoms with Crippen molar-refractivity contribution in [3.63, 3.8) is 0 Å². The van der Waals surface area contributed by atoms with Crippen molar-refractivity contribution in [1.29, 1.82) is 0 Å². The molecule has 0 amide bonds. The molecule has 0 aromatic rings. The molecule has 2 rings (SSSR count). The van der Waals surface area contributed by atoms with Gasteiger partial charge in [-0.15, -0.1) is 12.4 Å². The molecule has 2 fully saturated rings. The number of rotatable bonds is 2. The Labute approximate surface area is 105 Å². The standard InChI is InChI=1S/C11H21NO2S.ClH/c13-15(14,10-4-2-1-3-5-10)11-6-8-12-9-7-11;/h10-12H,1-9H2;1H. The lowest BCUT2D eigenvalue weighted by Crippen LogP contribution is -2.40. The van der Waals surface area contributed by atoms with Gasteiger partial charge in [0.15, 0.2) is 9.84 Å². The summed E-state index contributed by atoms with van der Waals surface area (Å²) in [6.07, 6.45) is 6.89. The fraction of sp³-hybridized carbons (Fsp3) is 1.00. The molecule has 0 bridgehead atoms. The maximum absolute atomic E-state index is 12.3. The van der Waals surface area contributed by atoms with E-state index < -0.39 is 9.84 Å². The Morgan fingerprint density at radius 3 is 1.88 bits per heavy atom. The van der Waals surface area contributed by atoms with E-state index in [1.165, 1.54) is 6.42 Å². The van der Waals surface area contributed by atoms with Gasteiger partial charge in [0, 0.05) is 0 Å². The van der Waals surface area contributed by atoms with E-state index in [1.54, 1.807) is 0 Å². The van der Waals surface area contributed by atoms with E-state index in [0.717, 1.165) is 51.6 Å². The number of sulfone groups is 1. The van der Waals surface area contributed by atoms with Crippen molar-refractivity contribution in [3.8, 4) is 0 Å². The first-order valence-electron chi connectivity index (χ1n) is 6.14. The molecule has 16 heavy (non-hydrogen) atoms. The summed E-state index contributed by atoms with van der Waals surface area (Å²) < 4.78 is 24.6. The average Bonchev–Trinajstić information content (AvgIpc) is 2.31. The largest absolute Gasteiger partial charge is 0.317 e. The Balaban J connectivity index is 0.00000128. The van der Waals surface area contributed by atoms with Crippen LogP contribution >= 0.6 is 12.4 Å². The molecule has 0 radical (unpaired) electrons. The molecule has 1 saturated carbocycles. The van der Waals surface area contributed by atoms with E-state index >= 15 is 0 Å². The van der Waals surface area contributed by atoms with Crippen molar-refractivity contribution >= 4 is 22.2 Å². The minimum Gasteiger partial charge on any atom is -0.317 e. The molecule has 1 aliphatic carbocycles. The molecule has 1 aliphatic heterocycles. The van der Waals surface area contributed by atoms with E-state index in [2.05, 4.69) is 5.32 Å². The molecule has 3 nitrogen and oxygen atoms in total. The third-order valence-electron chi connectivity index (χ3n) is 3.77. The second-order valence-corrected chi connectivity index (χ2v) is 7.31. The molecular formula is C11H22ClNO2S. The highest BCUT2D eigenvalue weighted by Gasteiger charge is 2.35. The van der Waals surface area contributed by atoms with Crippen molar-refractivity contribution in [1.82, 2.24) is 5.32 Å². The highest BCUT2D eigenvalue weighted by atomic mass is 35.5. The van der Waals surface area contributed by atoms with Crippen molar-refractivity contribution in [2.45, 2.75) is 55.4 Å². The van der Waals surface area contributed by atoms with Gasteiger partial charge in [0.25, 0.3) is 0 Å². The van der Waals surface area contributed by atoms with Crippen molar-refractivity contribution in [2.75, 3.05) is 13.1 Å². The Kier molecular flexibility index (Phi) is 5.54. The van der Waals surface area contributed by atoms with Crippen LogP contribution in [0.25, 0.3) is 0 Å². The normalized spacial score (nSPS) is 25.0. The van der Waals surface area contributed by atoms with Crippen LogP contribution in [0.15, 0.2) is 0 Å². The quantitative estimate of drug-likeness (QED) is 0.831. The molecule has 2 aliphatic rings. The fourth-order valence-electron chi connectivity index (χ4n) is 2.79. The Hall–Kier alpha value is 0.200. The maximum atomic E-state index is 12.3. The summed E-state index contributed by atoms with van der Waals surface area (Å²) in [6.45, 7) is 1.74. The fourth-order valence-corrected chi connectivity index (χ4v) is 5.22. The number of hydrogen-bond acceptors (Lipinski definition) is 3. The monoisotopic (exact) mass is 267 g/mol. The predicted molar refractivity (Wildman–Crippen MR) is 68.9 cm³/mol. The lowest BCUT2D eigenvalue weighted by molar-refractivity contribution is 0.455. The minimum atomic E-state index is -2.83. The SMILES string of the molecule is Cl.O=S(=O)(C1CCCCC1)C1CCNCC1.